The minimum atomic E-state index is 0.169. The van der Waals surface area contributed by atoms with Gasteiger partial charge in [0.1, 0.15) is 5.82 Å². The summed E-state index contributed by atoms with van der Waals surface area (Å²) in [6, 6.07) is 6.14. The maximum atomic E-state index is 12.7. The zero-order valence-electron chi connectivity index (χ0n) is 15.8. The van der Waals surface area contributed by atoms with Crippen LogP contribution in [-0.2, 0) is 4.79 Å². The largest absolute Gasteiger partial charge is 0.342 e. The summed E-state index contributed by atoms with van der Waals surface area (Å²) in [4.78, 5) is 25.1. The smallest absolute Gasteiger partial charge is 0.226 e. The van der Waals surface area contributed by atoms with Gasteiger partial charge < -0.3 is 15.5 Å². The quantitative estimate of drug-likeness (QED) is 0.845. The van der Waals surface area contributed by atoms with Crippen molar-refractivity contribution in [1.82, 2.24) is 20.2 Å². The van der Waals surface area contributed by atoms with Crippen LogP contribution in [0.5, 0.6) is 0 Å². The zero-order valence-corrected chi connectivity index (χ0v) is 16.6. The van der Waals surface area contributed by atoms with E-state index in [0.29, 0.717) is 11.8 Å². The van der Waals surface area contributed by atoms with Gasteiger partial charge in [0.05, 0.1) is 5.92 Å². The molecule has 2 fully saturated rings. The highest BCUT2D eigenvalue weighted by Crippen LogP contribution is 2.29. The molecule has 0 spiro atoms. The number of aryl methyl sites for hydroxylation is 1. The van der Waals surface area contributed by atoms with E-state index in [0.717, 1.165) is 68.5 Å². The third-order valence-electron chi connectivity index (χ3n) is 5.50. The number of likely N-dealkylation sites (tertiary alicyclic amines) is 1. The molecule has 0 unspecified atom stereocenters. The molecule has 2 saturated heterocycles. The number of anilines is 2. The van der Waals surface area contributed by atoms with Crippen molar-refractivity contribution < 1.29 is 4.79 Å². The van der Waals surface area contributed by atoms with Crippen LogP contribution in [0.2, 0.25) is 0 Å². The Balaban J connectivity index is 1.35. The summed E-state index contributed by atoms with van der Waals surface area (Å²) in [6.07, 6.45) is 5.97. The third kappa shape index (κ3) is 4.47. The lowest BCUT2D eigenvalue weighted by molar-refractivity contribution is -0.137. The van der Waals surface area contributed by atoms with Gasteiger partial charge >= 0.3 is 0 Å². The molecule has 2 aromatic heterocycles. The number of thiazole rings is 1. The summed E-state index contributed by atoms with van der Waals surface area (Å²) < 4.78 is 0. The Morgan fingerprint density at radius 2 is 2.15 bits per heavy atom. The first-order chi connectivity index (χ1) is 13.2. The van der Waals surface area contributed by atoms with E-state index in [9.17, 15) is 4.79 Å². The van der Waals surface area contributed by atoms with Gasteiger partial charge in [-0.05, 0) is 51.3 Å². The fraction of sp³-hybridized carbons (Fsp3) is 0.550. The molecule has 0 bridgehead atoms. The van der Waals surface area contributed by atoms with Crippen LogP contribution in [0.3, 0.4) is 0 Å². The number of nitrogens with one attached hydrogen (secondary N) is 2. The van der Waals surface area contributed by atoms with Crippen molar-refractivity contribution in [2.24, 2.45) is 5.92 Å². The van der Waals surface area contributed by atoms with Crippen LogP contribution in [0.4, 0.5) is 10.9 Å². The Kier molecular flexibility index (Phi) is 5.69. The van der Waals surface area contributed by atoms with Crippen LogP contribution < -0.4 is 10.6 Å². The molecule has 2 aliphatic rings. The first kappa shape index (κ1) is 18.4. The number of piperidine rings is 2. The fourth-order valence-electron chi connectivity index (χ4n) is 3.99. The molecule has 4 rings (SSSR count). The lowest BCUT2D eigenvalue weighted by atomic mass is 9.91. The molecular formula is C20H27N5OS. The molecule has 0 saturated carbocycles. The summed E-state index contributed by atoms with van der Waals surface area (Å²) in [5.41, 5.74) is 1.11. The molecule has 27 heavy (non-hydrogen) atoms. The van der Waals surface area contributed by atoms with Crippen molar-refractivity contribution in [2.45, 2.75) is 38.5 Å². The predicted octanol–water partition coefficient (Wildman–Crippen LogP) is 3.30. The van der Waals surface area contributed by atoms with Gasteiger partial charge in [0.2, 0.25) is 5.91 Å². The number of nitrogens with zero attached hydrogens (tertiary/aromatic N) is 3. The van der Waals surface area contributed by atoms with Crippen molar-refractivity contribution >= 4 is 28.2 Å². The Bertz CT molecular complexity index is 778. The Labute approximate surface area is 164 Å². The van der Waals surface area contributed by atoms with Crippen molar-refractivity contribution in [3.8, 4) is 0 Å². The maximum Gasteiger partial charge on any atom is 0.226 e. The zero-order chi connectivity index (χ0) is 18.6. The van der Waals surface area contributed by atoms with E-state index in [-0.39, 0.29) is 5.92 Å². The molecule has 2 N–H and O–H groups in total. The lowest BCUT2D eigenvalue weighted by Crippen LogP contribution is -2.45. The minimum Gasteiger partial charge on any atom is -0.342 e. The number of hydrogen-bond acceptors (Lipinski definition) is 6. The van der Waals surface area contributed by atoms with E-state index < -0.39 is 0 Å². The van der Waals surface area contributed by atoms with E-state index in [1.54, 1.807) is 11.3 Å². The molecule has 2 aliphatic heterocycles. The summed E-state index contributed by atoms with van der Waals surface area (Å²) in [5, 5.41) is 7.52. The molecule has 144 valence electrons. The van der Waals surface area contributed by atoms with Crippen molar-refractivity contribution in [2.75, 3.05) is 31.5 Å². The number of hydrogen-bond donors (Lipinski definition) is 2. The standard InChI is InChI=1S/C20H27N5OS/c1-14-12-22-20(27-14)24-18-6-2-5-17(23-18)15-7-10-25(11-8-15)19(26)16-4-3-9-21-13-16/h2,5-6,12,15-16,21H,3-4,7-11,13H2,1H3,(H,22,23,24)/t16-/m0/s1. The number of carbonyl (C=O) groups excluding carboxylic acids is 1. The second-order valence-corrected chi connectivity index (χ2v) is 8.73. The van der Waals surface area contributed by atoms with E-state index in [1.165, 1.54) is 4.88 Å². The fourth-order valence-corrected chi connectivity index (χ4v) is 4.66. The number of carbonyl (C=O) groups is 1. The minimum absolute atomic E-state index is 0.169. The highest BCUT2D eigenvalue weighted by atomic mass is 32.1. The van der Waals surface area contributed by atoms with Gasteiger partial charge in [-0.2, -0.15) is 0 Å². The molecular weight excluding hydrogens is 358 g/mol. The van der Waals surface area contributed by atoms with Crippen LogP contribution in [0.25, 0.3) is 0 Å². The molecule has 6 nitrogen and oxygen atoms in total. The van der Waals surface area contributed by atoms with Gasteiger partial charge in [0, 0.05) is 42.3 Å². The summed E-state index contributed by atoms with van der Waals surface area (Å²) >= 11 is 1.63. The Morgan fingerprint density at radius 3 is 2.85 bits per heavy atom. The molecule has 1 atom stereocenters. The Morgan fingerprint density at radius 1 is 1.30 bits per heavy atom. The lowest BCUT2D eigenvalue weighted by Gasteiger charge is -2.35. The average molecular weight is 386 g/mol. The highest BCUT2D eigenvalue weighted by Gasteiger charge is 2.29. The molecule has 0 aromatic carbocycles. The Hall–Kier alpha value is -1.99. The van der Waals surface area contributed by atoms with E-state index in [2.05, 4.69) is 32.7 Å². The van der Waals surface area contributed by atoms with Crippen molar-refractivity contribution in [3.05, 3.63) is 35.0 Å². The summed E-state index contributed by atoms with van der Waals surface area (Å²) in [5.74, 6) is 1.76. The highest BCUT2D eigenvalue weighted by molar-refractivity contribution is 7.15. The predicted molar refractivity (Wildman–Crippen MR) is 109 cm³/mol. The van der Waals surface area contributed by atoms with Crippen LogP contribution in [0, 0.1) is 12.8 Å². The summed E-state index contributed by atoms with van der Waals surface area (Å²) in [7, 11) is 0. The van der Waals surface area contributed by atoms with Crippen LogP contribution in [-0.4, -0.2) is 47.0 Å². The van der Waals surface area contributed by atoms with Gasteiger partial charge in [-0.25, -0.2) is 9.97 Å². The molecule has 1 amide bonds. The van der Waals surface area contributed by atoms with Gasteiger partial charge in [0.25, 0.3) is 0 Å². The monoisotopic (exact) mass is 385 g/mol. The van der Waals surface area contributed by atoms with E-state index in [4.69, 9.17) is 4.98 Å². The number of pyridine rings is 1. The number of amides is 1. The topological polar surface area (TPSA) is 70.2 Å². The van der Waals surface area contributed by atoms with E-state index >= 15 is 0 Å². The number of rotatable bonds is 4. The molecule has 4 heterocycles. The van der Waals surface area contributed by atoms with Crippen LogP contribution >= 0.6 is 11.3 Å². The van der Waals surface area contributed by atoms with E-state index in [1.807, 2.05) is 19.2 Å². The average Bonchev–Trinajstić information content (AvgIpc) is 3.13. The molecule has 2 aromatic rings. The van der Waals surface area contributed by atoms with Gasteiger partial charge in [-0.15, -0.1) is 11.3 Å². The van der Waals surface area contributed by atoms with Gasteiger partial charge in [-0.1, -0.05) is 6.07 Å². The van der Waals surface area contributed by atoms with Crippen LogP contribution in [0.1, 0.15) is 42.2 Å². The summed E-state index contributed by atoms with van der Waals surface area (Å²) in [6.45, 7) is 5.61. The van der Waals surface area contributed by atoms with Gasteiger partial charge in [-0.3, -0.25) is 4.79 Å². The number of aromatic nitrogens is 2. The second-order valence-electron chi connectivity index (χ2n) is 7.49. The van der Waals surface area contributed by atoms with Crippen LogP contribution in [0.15, 0.2) is 24.4 Å². The first-order valence-corrected chi connectivity index (χ1v) is 10.7. The van der Waals surface area contributed by atoms with Crippen molar-refractivity contribution in [3.63, 3.8) is 0 Å². The third-order valence-corrected chi connectivity index (χ3v) is 6.33. The second kappa shape index (κ2) is 8.35. The molecule has 7 heteroatoms. The molecule has 0 aliphatic carbocycles. The SMILES string of the molecule is Cc1cnc(Nc2cccc(C3CCN(C(=O)[C@H]4CCCNC4)CC3)n2)s1. The van der Waals surface area contributed by atoms with Crippen molar-refractivity contribution in [1.29, 1.82) is 0 Å². The normalized spacial score (nSPS) is 21.2. The van der Waals surface area contributed by atoms with Gasteiger partial charge in [0.15, 0.2) is 5.13 Å². The first-order valence-electron chi connectivity index (χ1n) is 9.85. The molecule has 0 radical (unpaired) electrons. The maximum absolute atomic E-state index is 12.7.